The summed E-state index contributed by atoms with van der Waals surface area (Å²) in [5.74, 6) is -0.254. The van der Waals surface area contributed by atoms with Crippen LogP contribution < -0.4 is 16.8 Å². The van der Waals surface area contributed by atoms with Crippen molar-refractivity contribution in [3.63, 3.8) is 0 Å². The summed E-state index contributed by atoms with van der Waals surface area (Å²) in [6.07, 6.45) is 1.14. The van der Waals surface area contributed by atoms with E-state index in [1.807, 2.05) is 25.1 Å². The molecule has 1 rings (SSSR count). The molecule has 0 amide bonds. The highest BCUT2D eigenvalue weighted by molar-refractivity contribution is 6.31. The SMILES string of the molecule is CCC(N)/C(C(=O)OCCc1ccccc1Cl)=C(/N)NC. The van der Waals surface area contributed by atoms with E-state index in [-0.39, 0.29) is 18.0 Å². The second-order valence-corrected chi connectivity index (χ2v) is 4.98. The molecular formula is C15H22ClN3O2. The highest BCUT2D eigenvalue weighted by Gasteiger charge is 2.21. The minimum atomic E-state index is -0.497. The number of hydrogen-bond acceptors (Lipinski definition) is 5. The van der Waals surface area contributed by atoms with Crippen molar-refractivity contribution in [1.82, 2.24) is 5.32 Å². The Morgan fingerprint density at radius 1 is 1.43 bits per heavy atom. The molecule has 0 heterocycles. The largest absolute Gasteiger partial charge is 0.462 e. The molecule has 0 aliphatic rings. The highest BCUT2D eigenvalue weighted by Crippen LogP contribution is 2.16. The minimum absolute atomic E-state index is 0.222. The van der Waals surface area contributed by atoms with Crippen LogP contribution >= 0.6 is 11.6 Å². The van der Waals surface area contributed by atoms with Crippen LogP contribution in [0.15, 0.2) is 35.7 Å². The Morgan fingerprint density at radius 2 is 2.10 bits per heavy atom. The van der Waals surface area contributed by atoms with Crippen molar-refractivity contribution >= 4 is 17.6 Å². The molecule has 0 fully saturated rings. The van der Waals surface area contributed by atoms with Crippen LogP contribution in [0.5, 0.6) is 0 Å². The van der Waals surface area contributed by atoms with Crippen molar-refractivity contribution in [2.45, 2.75) is 25.8 Å². The molecule has 0 saturated heterocycles. The van der Waals surface area contributed by atoms with Crippen molar-refractivity contribution in [3.8, 4) is 0 Å². The van der Waals surface area contributed by atoms with Crippen LogP contribution in [0, 0.1) is 0 Å². The molecule has 6 heteroatoms. The van der Waals surface area contributed by atoms with Crippen molar-refractivity contribution in [2.75, 3.05) is 13.7 Å². The molecule has 1 aromatic rings. The zero-order valence-electron chi connectivity index (χ0n) is 12.4. The third kappa shape index (κ3) is 4.95. The topological polar surface area (TPSA) is 90.4 Å². The fourth-order valence-electron chi connectivity index (χ4n) is 1.83. The van der Waals surface area contributed by atoms with Crippen molar-refractivity contribution in [3.05, 3.63) is 46.2 Å². The second-order valence-electron chi connectivity index (χ2n) is 4.57. The van der Waals surface area contributed by atoms with Gasteiger partial charge in [-0.2, -0.15) is 0 Å². The van der Waals surface area contributed by atoms with Gasteiger partial charge in [-0.15, -0.1) is 0 Å². The summed E-state index contributed by atoms with van der Waals surface area (Å²) in [4.78, 5) is 12.1. The first kappa shape index (κ1) is 17.3. The Bertz CT molecular complexity index is 517. The van der Waals surface area contributed by atoms with Gasteiger partial charge in [0.05, 0.1) is 12.2 Å². The Kier molecular flexibility index (Phi) is 7.05. The predicted molar refractivity (Wildman–Crippen MR) is 84.7 cm³/mol. The predicted octanol–water partition coefficient (Wildman–Crippen LogP) is 1.55. The number of esters is 1. The fourth-order valence-corrected chi connectivity index (χ4v) is 2.06. The minimum Gasteiger partial charge on any atom is -0.462 e. The number of nitrogens with one attached hydrogen (secondary N) is 1. The summed E-state index contributed by atoms with van der Waals surface area (Å²) in [5, 5.41) is 3.39. The molecule has 0 saturated carbocycles. The summed E-state index contributed by atoms with van der Waals surface area (Å²) < 4.78 is 5.25. The average Bonchev–Trinajstić information content (AvgIpc) is 2.48. The number of ether oxygens (including phenoxy) is 1. The second kappa shape index (κ2) is 8.54. The lowest BCUT2D eigenvalue weighted by molar-refractivity contribution is -0.139. The van der Waals surface area contributed by atoms with Gasteiger partial charge in [-0.1, -0.05) is 36.7 Å². The van der Waals surface area contributed by atoms with Gasteiger partial charge in [-0.3, -0.25) is 0 Å². The van der Waals surface area contributed by atoms with Gasteiger partial charge >= 0.3 is 5.97 Å². The average molecular weight is 312 g/mol. The summed E-state index contributed by atoms with van der Waals surface area (Å²) >= 11 is 6.05. The maximum atomic E-state index is 12.1. The summed E-state index contributed by atoms with van der Waals surface area (Å²) in [6.45, 7) is 2.10. The van der Waals surface area contributed by atoms with E-state index < -0.39 is 12.0 Å². The molecule has 1 unspecified atom stereocenters. The van der Waals surface area contributed by atoms with E-state index in [2.05, 4.69) is 5.32 Å². The molecule has 1 atom stereocenters. The molecule has 0 bridgehead atoms. The maximum absolute atomic E-state index is 12.1. The lowest BCUT2D eigenvalue weighted by Crippen LogP contribution is -2.34. The molecule has 1 aromatic carbocycles. The van der Waals surface area contributed by atoms with Gasteiger partial charge in [0.2, 0.25) is 0 Å². The molecule has 0 radical (unpaired) electrons. The lowest BCUT2D eigenvalue weighted by Gasteiger charge is -2.16. The first-order valence-electron chi connectivity index (χ1n) is 6.84. The number of hydrogen-bond donors (Lipinski definition) is 3. The molecule has 0 aliphatic carbocycles. The van der Waals surface area contributed by atoms with Gasteiger partial charge in [-0.05, 0) is 18.1 Å². The van der Waals surface area contributed by atoms with E-state index >= 15 is 0 Å². The Balaban J connectivity index is 2.65. The first-order chi connectivity index (χ1) is 10.0. The number of carbonyl (C=O) groups is 1. The number of halogens is 1. The van der Waals surface area contributed by atoms with Gasteiger partial charge in [0.15, 0.2) is 0 Å². The van der Waals surface area contributed by atoms with Gasteiger partial charge in [0, 0.05) is 24.5 Å². The third-order valence-electron chi connectivity index (χ3n) is 3.15. The first-order valence-corrected chi connectivity index (χ1v) is 7.22. The summed E-state index contributed by atoms with van der Waals surface area (Å²) in [5.41, 5.74) is 12.9. The van der Waals surface area contributed by atoms with Crippen LogP contribution in [-0.2, 0) is 16.0 Å². The molecule has 5 N–H and O–H groups in total. The van der Waals surface area contributed by atoms with Gasteiger partial charge in [-0.25, -0.2) is 4.79 Å². The smallest absolute Gasteiger partial charge is 0.339 e. The Morgan fingerprint density at radius 3 is 2.67 bits per heavy atom. The van der Waals surface area contributed by atoms with E-state index in [0.29, 0.717) is 17.9 Å². The number of benzene rings is 1. The standard InChI is InChI=1S/C15H22ClN3O2/c1-3-12(17)13(14(18)19-2)15(20)21-9-8-10-6-4-5-7-11(10)16/h4-7,12,19H,3,8-9,17-18H2,1-2H3/b14-13+. The molecule has 116 valence electrons. The fraction of sp³-hybridized carbons (Fsp3) is 0.400. The molecule has 21 heavy (non-hydrogen) atoms. The van der Waals surface area contributed by atoms with Crippen LogP contribution in [0.25, 0.3) is 0 Å². The maximum Gasteiger partial charge on any atom is 0.339 e. The molecule has 0 spiro atoms. The summed E-state index contributed by atoms with van der Waals surface area (Å²) in [6, 6.07) is 6.99. The molecule has 5 nitrogen and oxygen atoms in total. The zero-order chi connectivity index (χ0) is 15.8. The van der Waals surface area contributed by atoms with Crippen molar-refractivity contribution in [1.29, 1.82) is 0 Å². The van der Waals surface area contributed by atoms with Gasteiger partial charge in [0.1, 0.15) is 5.82 Å². The van der Waals surface area contributed by atoms with E-state index in [1.165, 1.54) is 0 Å². The third-order valence-corrected chi connectivity index (χ3v) is 3.52. The zero-order valence-corrected chi connectivity index (χ0v) is 13.1. The van der Waals surface area contributed by atoms with E-state index in [0.717, 1.165) is 5.56 Å². The van der Waals surface area contributed by atoms with Crippen LogP contribution in [0.3, 0.4) is 0 Å². The van der Waals surface area contributed by atoms with Gasteiger partial charge < -0.3 is 21.5 Å². The van der Waals surface area contributed by atoms with Crippen LogP contribution in [0.2, 0.25) is 5.02 Å². The Hall–Kier alpha value is -1.72. The number of rotatable bonds is 7. The quantitative estimate of drug-likeness (QED) is 0.525. The van der Waals surface area contributed by atoms with E-state index in [1.54, 1.807) is 13.1 Å². The van der Waals surface area contributed by atoms with Gasteiger partial charge in [0.25, 0.3) is 0 Å². The van der Waals surface area contributed by atoms with Crippen molar-refractivity contribution < 1.29 is 9.53 Å². The van der Waals surface area contributed by atoms with Crippen LogP contribution in [-0.4, -0.2) is 25.7 Å². The lowest BCUT2D eigenvalue weighted by atomic mass is 10.1. The summed E-state index contributed by atoms with van der Waals surface area (Å²) in [7, 11) is 1.63. The molecule has 0 aliphatic heterocycles. The van der Waals surface area contributed by atoms with Crippen LogP contribution in [0.4, 0.5) is 0 Å². The Labute approximate surface area is 130 Å². The normalized spacial score (nSPS) is 13.3. The number of nitrogens with two attached hydrogens (primary N) is 2. The highest BCUT2D eigenvalue weighted by atomic mass is 35.5. The molecule has 0 aromatic heterocycles. The number of carbonyl (C=O) groups excluding carboxylic acids is 1. The van der Waals surface area contributed by atoms with E-state index in [9.17, 15) is 4.79 Å². The van der Waals surface area contributed by atoms with E-state index in [4.69, 9.17) is 27.8 Å². The van der Waals surface area contributed by atoms with Crippen LogP contribution in [0.1, 0.15) is 18.9 Å². The monoisotopic (exact) mass is 311 g/mol. The molecular weight excluding hydrogens is 290 g/mol. The van der Waals surface area contributed by atoms with Crippen molar-refractivity contribution in [2.24, 2.45) is 11.5 Å².